The molecule has 21 heavy (non-hydrogen) atoms. The van der Waals surface area contributed by atoms with Crippen molar-refractivity contribution >= 4 is 26.5 Å². The molecule has 0 atom stereocenters. The first-order valence-corrected chi connectivity index (χ1v) is 8.51. The minimum Gasteiger partial charge on any atom is -0.623 e. The molecule has 0 aliphatic carbocycles. The van der Waals surface area contributed by atoms with Gasteiger partial charge in [0, 0.05) is 26.3 Å². The highest BCUT2D eigenvalue weighted by Crippen LogP contribution is 2.18. The number of hydrogen-bond donors (Lipinski definition) is 2. The fraction of sp³-hybridized carbons (Fsp3) is 0.364. The van der Waals surface area contributed by atoms with Gasteiger partial charge in [-0.25, -0.2) is 4.74 Å². The van der Waals surface area contributed by atoms with E-state index in [-0.39, 0.29) is 5.56 Å². The van der Waals surface area contributed by atoms with Crippen molar-refractivity contribution in [2.24, 2.45) is 0 Å². The van der Waals surface area contributed by atoms with Crippen LogP contribution in [0.15, 0.2) is 28.0 Å². The maximum Gasteiger partial charge on any atom is 0.294 e. The smallest absolute Gasteiger partial charge is 0.294 e. The molecule has 1 aromatic carbocycles. The number of rotatable bonds is 3. The maximum atomic E-state index is 11.8. The van der Waals surface area contributed by atoms with E-state index in [4.69, 9.17) is 9.11 Å². The average molecular weight is 337 g/mol. The van der Waals surface area contributed by atoms with Gasteiger partial charge in [0.15, 0.2) is 11.8 Å². The minimum absolute atomic E-state index is 0.0947. The zero-order valence-corrected chi connectivity index (χ0v) is 13.1. The van der Waals surface area contributed by atoms with E-state index >= 15 is 0 Å². The molecule has 2 N–H and O–H groups in total. The van der Waals surface area contributed by atoms with Gasteiger partial charge < -0.3 is 5.21 Å². The monoisotopic (exact) mass is 337 g/mol. The molecule has 0 bridgehead atoms. The lowest BCUT2D eigenvalue weighted by Crippen LogP contribution is -2.29. The zero-order chi connectivity index (χ0) is 16.6. The van der Waals surface area contributed by atoms with Crippen LogP contribution >= 0.6 is 0 Å². The van der Waals surface area contributed by atoms with Gasteiger partial charge in [-0.15, -0.1) is 0 Å². The third-order valence-corrected chi connectivity index (χ3v) is 4.09. The molecule has 1 aromatic rings. The van der Waals surface area contributed by atoms with Gasteiger partial charge in [0.2, 0.25) is 0 Å². The predicted octanol–water partition coefficient (Wildman–Crippen LogP) is 0.908. The Morgan fingerprint density at radius 1 is 1.00 bits per heavy atom. The predicted molar refractivity (Wildman–Crippen MR) is 74.6 cm³/mol. The first-order chi connectivity index (χ1) is 9.21. The highest BCUT2D eigenvalue weighted by Gasteiger charge is 2.21. The van der Waals surface area contributed by atoms with Crippen molar-refractivity contribution < 1.29 is 30.7 Å². The van der Waals surface area contributed by atoms with E-state index in [2.05, 4.69) is 0 Å². The van der Waals surface area contributed by atoms with Gasteiger partial charge in [-0.3, -0.25) is 9.11 Å². The number of benzene rings is 1. The van der Waals surface area contributed by atoms with Crippen LogP contribution in [0, 0.1) is 5.21 Å². The molecule has 0 spiro atoms. The second-order valence-corrected chi connectivity index (χ2v) is 8.16. The van der Waals surface area contributed by atoms with Gasteiger partial charge >= 0.3 is 0 Å². The maximum absolute atomic E-state index is 11.8. The Morgan fingerprint density at radius 3 is 1.67 bits per heavy atom. The van der Waals surface area contributed by atoms with Crippen LogP contribution in [0.3, 0.4) is 0 Å². The number of hydrogen-bond acceptors (Lipinski definition) is 5. The van der Waals surface area contributed by atoms with E-state index in [1.165, 1.54) is 0 Å². The molecule has 0 aliphatic heterocycles. The summed E-state index contributed by atoms with van der Waals surface area (Å²) in [7, 11) is -9.39. The van der Waals surface area contributed by atoms with E-state index in [0.717, 1.165) is 18.3 Å². The van der Waals surface area contributed by atoms with Crippen LogP contribution in [-0.2, 0) is 20.2 Å². The van der Waals surface area contributed by atoms with Crippen LogP contribution in [0.1, 0.15) is 26.3 Å². The summed E-state index contributed by atoms with van der Waals surface area (Å²) in [6.45, 7) is 4.77. The van der Waals surface area contributed by atoms with Crippen molar-refractivity contribution in [1.82, 2.24) is 0 Å². The van der Waals surface area contributed by atoms with Gasteiger partial charge in [0.1, 0.15) is 0 Å². The first kappa shape index (κ1) is 17.6. The van der Waals surface area contributed by atoms with Crippen molar-refractivity contribution in [2.45, 2.75) is 36.1 Å². The third kappa shape index (κ3) is 4.77. The topological polar surface area (TPSA) is 135 Å². The lowest BCUT2D eigenvalue weighted by molar-refractivity contribution is -0.530. The molecule has 1 rings (SSSR count). The Balaban J connectivity index is 3.62. The summed E-state index contributed by atoms with van der Waals surface area (Å²) in [5.74, 6) is 0. The Kier molecular flexibility index (Phi) is 4.49. The summed E-state index contributed by atoms with van der Waals surface area (Å²) in [4.78, 5) is -1.49. The van der Waals surface area contributed by atoms with Crippen molar-refractivity contribution in [3.63, 3.8) is 0 Å². The standard InChI is InChI=1S/C11H15NO7S2/c1-11(2,3)12(13)7-8-4-9(20(14,15)16)6-10(5-8)21(17,18)19/h4-7H,1-3H3,(H,14,15,16)(H,17,18,19). The molecule has 0 radical (unpaired) electrons. The van der Waals surface area contributed by atoms with Crippen LogP contribution in [-0.4, -0.2) is 42.4 Å². The Bertz CT molecular complexity index is 736. The molecule has 0 amide bonds. The van der Waals surface area contributed by atoms with E-state index < -0.39 is 35.6 Å². The van der Waals surface area contributed by atoms with Crippen LogP contribution in [0.4, 0.5) is 0 Å². The average Bonchev–Trinajstić information content (AvgIpc) is 2.24. The summed E-state index contributed by atoms with van der Waals surface area (Å²) < 4.78 is 62.9. The molecule has 10 heteroatoms. The molecule has 8 nitrogen and oxygen atoms in total. The second kappa shape index (κ2) is 5.37. The third-order valence-electron chi connectivity index (χ3n) is 2.43. The normalized spacial score (nSPS) is 14.2. The molecule has 0 aromatic heterocycles. The quantitative estimate of drug-likeness (QED) is 0.275. The summed E-state index contributed by atoms with van der Waals surface area (Å²) in [5.41, 5.74) is -0.936. The van der Waals surface area contributed by atoms with Crippen molar-refractivity contribution in [3.05, 3.63) is 29.0 Å². The first-order valence-electron chi connectivity index (χ1n) is 5.63. The molecule has 0 unspecified atom stereocenters. The molecule has 0 saturated carbocycles. The fourth-order valence-corrected chi connectivity index (χ4v) is 2.49. The minimum atomic E-state index is -4.70. The second-order valence-electron chi connectivity index (χ2n) is 5.31. The summed E-state index contributed by atoms with van der Waals surface area (Å²) >= 11 is 0. The molecule has 0 saturated heterocycles. The largest absolute Gasteiger partial charge is 0.623 e. The van der Waals surface area contributed by atoms with Gasteiger partial charge in [0.25, 0.3) is 20.2 Å². The SMILES string of the molecule is CC(C)(C)[N+]([O-])=Cc1cc(S(=O)(=O)O)cc(S(=O)(=O)O)c1. The number of nitrogens with zero attached hydrogens (tertiary/aromatic N) is 1. The summed E-state index contributed by atoms with van der Waals surface area (Å²) in [6, 6.07) is 2.43. The molecule has 118 valence electrons. The molecule has 0 heterocycles. The summed E-state index contributed by atoms with van der Waals surface area (Å²) in [6.07, 6.45) is 0.962. The Labute approximate surface area is 122 Å². The number of hydroxylamine groups is 1. The van der Waals surface area contributed by atoms with Crippen LogP contribution < -0.4 is 0 Å². The Hall–Kier alpha value is -1.49. The van der Waals surface area contributed by atoms with Crippen LogP contribution in [0.2, 0.25) is 0 Å². The zero-order valence-electron chi connectivity index (χ0n) is 11.5. The summed E-state index contributed by atoms with van der Waals surface area (Å²) in [5, 5.41) is 11.8. The van der Waals surface area contributed by atoms with E-state index in [1.54, 1.807) is 20.8 Å². The van der Waals surface area contributed by atoms with Gasteiger partial charge in [-0.1, -0.05) is 0 Å². The molecule has 0 aliphatic rings. The van der Waals surface area contributed by atoms with Crippen LogP contribution in [0.25, 0.3) is 0 Å². The Morgan fingerprint density at radius 2 is 1.38 bits per heavy atom. The highest BCUT2D eigenvalue weighted by molar-refractivity contribution is 7.86. The lowest BCUT2D eigenvalue weighted by atomic mass is 10.1. The van der Waals surface area contributed by atoms with E-state index in [1.807, 2.05) is 0 Å². The molecular weight excluding hydrogens is 322 g/mol. The lowest BCUT2D eigenvalue weighted by Gasteiger charge is -2.18. The van der Waals surface area contributed by atoms with Crippen LogP contribution in [0.5, 0.6) is 0 Å². The van der Waals surface area contributed by atoms with E-state index in [0.29, 0.717) is 10.8 Å². The van der Waals surface area contributed by atoms with Gasteiger partial charge in [0.05, 0.1) is 9.79 Å². The highest BCUT2D eigenvalue weighted by atomic mass is 32.2. The van der Waals surface area contributed by atoms with Crippen molar-refractivity contribution in [2.75, 3.05) is 0 Å². The van der Waals surface area contributed by atoms with Crippen molar-refractivity contribution in [1.29, 1.82) is 0 Å². The molecule has 0 fully saturated rings. The fourth-order valence-electron chi connectivity index (χ4n) is 1.30. The van der Waals surface area contributed by atoms with Gasteiger partial charge in [-0.05, 0) is 18.2 Å². The van der Waals surface area contributed by atoms with Crippen molar-refractivity contribution in [3.8, 4) is 0 Å². The van der Waals surface area contributed by atoms with Gasteiger partial charge in [-0.2, -0.15) is 16.8 Å². The molecular formula is C11H15NO7S2. The van der Waals surface area contributed by atoms with E-state index in [9.17, 15) is 22.0 Å².